The van der Waals surface area contributed by atoms with E-state index in [4.69, 9.17) is 9.15 Å². The van der Waals surface area contributed by atoms with Gasteiger partial charge in [-0.2, -0.15) is 0 Å². The summed E-state index contributed by atoms with van der Waals surface area (Å²) < 4.78 is 10.7. The van der Waals surface area contributed by atoms with Crippen LogP contribution in [0.15, 0.2) is 34.5 Å². The fourth-order valence-corrected chi connectivity index (χ4v) is 2.25. The largest absolute Gasteiger partial charge is 0.467 e. The number of ether oxygens (including phenoxy) is 1. The zero-order valence-corrected chi connectivity index (χ0v) is 11.3. The van der Waals surface area contributed by atoms with Crippen LogP contribution in [-0.2, 0) is 11.3 Å². The Balaban J connectivity index is 1.51. The van der Waals surface area contributed by atoms with Crippen molar-refractivity contribution in [1.82, 2.24) is 10.3 Å². The van der Waals surface area contributed by atoms with Gasteiger partial charge < -0.3 is 14.5 Å². The molecule has 1 N–H and O–H groups in total. The van der Waals surface area contributed by atoms with E-state index in [0.29, 0.717) is 12.6 Å². The number of hydrogen-bond acceptors (Lipinski definition) is 5. The molecule has 0 spiro atoms. The van der Waals surface area contributed by atoms with E-state index in [9.17, 15) is 0 Å². The molecule has 5 heteroatoms. The Morgan fingerprint density at radius 2 is 2.50 bits per heavy atom. The van der Waals surface area contributed by atoms with E-state index < -0.39 is 0 Å². The van der Waals surface area contributed by atoms with Gasteiger partial charge in [-0.15, -0.1) is 11.3 Å². The summed E-state index contributed by atoms with van der Waals surface area (Å²) in [6, 6.07) is 4.16. The summed E-state index contributed by atoms with van der Waals surface area (Å²) in [4.78, 5) is 5.34. The van der Waals surface area contributed by atoms with Crippen molar-refractivity contribution in [3.8, 4) is 0 Å². The zero-order valence-electron chi connectivity index (χ0n) is 10.5. The standard InChI is InChI=1S/C13H18N2O2S/c1-11(13-8-14-10-18-13)15-5-3-6-16-9-12-4-2-7-17-12/h2,4,7-8,10-11,15H,3,5-6,9H2,1H3. The van der Waals surface area contributed by atoms with Gasteiger partial charge in [-0.1, -0.05) is 0 Å². The highest BCUT2D eigenvalue weighted by molar-refractivity contribution is 7.09. The van der Waals surface area contributed by atoms with E-state index in [2.05, 4.69) is 17.2 Å². The maximum Gasteiger partial charge on any atom is 0.129 e. The molecule has 0 aromatic carbocycles. The minimum atomic E-state index is 0.363. The van der Waals surface area contributed by atoms with Gasteiger partial charge in [0.05, 0.1) is 11.8 Å². The molecule has 2 rings (SSSR count). The predicted octanol–water partition coefficient (Wildman–Crippen LogP) is 2.99. The maximum absolute atomic E-state index is 5.51. The molecule has 0 saturated carbocycles. The Labute approximate surface area is 111 Å². The summed E-state index contributed by atoms with van der Waals surface area (Å²) in [6.07, 6.45) is 4.57. The van der Waals surface area contributed by atoms with Crippen LogP contribution in [0.1, 0.15) is 30.0 Å². The van der Waals surface area contributed by atoms with Crippen molar-refractivity contribution in [2.24, 2.45) is 0 Å². The summed E-state index contributed by atoms with van der Waals surface area (Å²) >= 11 is 1.68. The highest BCUT2D eigenvalue weighted by Gasteiger charge is 2.05. The molecule has 98 valence electrons. The van der Waals surface area contributed by atoms with Crippen LogP contribution >= 0.6 is 11.3 Å². The molecule has 1 atom stereocenters. The number of rotatable bonds is 8. The lowest BCUT2D eigenvalue weighted by molar-refractivity contribution is 0.104. The maximum atomic E-state index is 5.51. The molecule has 4 nitrogen and oxygen atoms in total. The van der Waals surface area contributed by atoms with Crippen LogP contribution in [0.3, 0.4) is 0 Å². The van der Waals surface area contributed by atoms with E-state index in [0.717, 1.165) is 25.3 Å². The van der Waals surface area contributed by atoms with Crippen molar-refractivity contribution in [3.05, 3.63) is 40.7 Å². The fourth-order valence-electron chi connectivity index (χ4n) is 1.60. The molecule has 0 amide bonds. The van der Waals surface area contributed by atoms with Gasteiger partial charge in [0.25, 0.3) is 0 Å². The van der Waals surface area contributed by atoms with Crippen LogP contribution in [0.2, 0.25) is 0 Å². The summed E-state index contributed by atoms with van der Waals surface area (Å²) in [5.74, 6) is 0.876. The Bertz CT molecular complexity index is 414. The summed E-state index contributed by atoms with van der Waals surface area (Å²) in [5.41, 5.74) is 1.86. The van der Waals surface area contributed by atoms with Crippen LogP contribution in [-0.4, -0.2) is 18.1 Å². The molecule has 1 unspecified atom stereocenters. The number of hydrogen-bond donors (Lipinski definition) is 1. The third-order valence-corrected chi connectivity index (χ3v) is 3.58. The second-order valence-electron chi connectivity index (χ2n) is 4.07. The summed E-state index contributed by atoms with van der Waals surface area (Å²) in [6.45, 7) is 4.38. The van der Waals surface area contributed by atoms with Crippen molar-refractivity contribution < 1.29 is 9.15 Å². The molecule has 0 radical (unpaired) electrons. The Hall–Kier alpha value is -1.17. The van der Waals surface area contributed by atoms with Gasteiger partial charge in [-0.25, -0.2) is 0 Å². The minimum absolute atomic E-state index is 0.363. The number of furan rings is 1. The second-order valence-corrected chi connectivity index (χ2v) is 4.98. The number of nitrogens with one attached hydrogen (secondary N) is 1. The van der Waals surface area contributed by atoms with E-state index in [1.165, 1.54) is 4.88 Å². The molecule has 0 fully saturated rings. The van der Waals surface area contributed by atoms with Crippen molar-refractivity contribution in [1.29, 1.82) is 0 Å². The van der Waals surface area contributed by atoms with Crippen LogP contribution in [0.5, 0.6) is 0 Å². The quantitative estimate of drug-likeness (QED) is 0.746. The SMILES string of the molecule is CC(NCCCOCc1ccco1)c1cncs1. The van der Waals surface area contributed by atoms with Gasteiger partial charge in [0.2, 0.25) is 0 Å². The first-order chi connectivity index (χ1) is 8.86. The van der Waals surface area contributed by atoms with E-state index in [-0.39, 0.29) is 0 Å². The smallest absolute Gasteiger partial charge is 0.129 e. The topological polar surface area (TPSA) is 47.3 Å². The highest BCUT2D eigenvalue weighted by atomic mass is 32.1. The summed E-state index contributed by atoms with van der Waals surface area (Å²) in [7, 11) is 0. The van der Waals surface area contributed by atoms with Crippen LogP contribution in [0, 0.1) is 0 Å². The van der Waals surface area contributed by atoms with Gasteiger partial charge in [0.1, 0.15) is 12.4 Å². The third-order valence-electron chi connectivity index (χ3n) is 2.62. The average molecular weight is 266 g/mol. The van der Waals surface area contributed by atoms with E-state index in [1.807, 2.05) is 23.8 Å². The molecule has 0 aliphatic carbocycles. The molecule has 0 aliphatic rings. The lowest BCUT2D eigenvalue weighted by atomic mass is 10.3. The Morgan fingerprint density at radius 3 is 3.22 bits per heavy atom. The fraction of sp³-hybridized carbons (Fsp3) is 0.462. The lowest BCUT2D eigenvalue weighted by Gasteiger charge is -2.11. The first-order valence-electron chi connectivity index (χ1n) is 6.08. The van der Waals surface area contributed by atoms with Crippen LogP contribution in [0.25, 0.3) is 0 Å². The first kappa shape index (κ1) is 13.3. The lowest BCUT2D eigenvalue weighted by Crippen LogP contribution is -2.20. The zero-order chi connectivity index (χ0) is 12.6. The molecule has 0 bridgehead atoms. The Morgan fingerprint density at radius 1 is 1.56 bits per heavy atom. The number of nitrogens with zero attached hydrogens (tertiary/aromatic N) is 1. The van der Waals surface area contributed by atoms with Crippen LogP contribution < -0.4 is 5.32 Å². The normalized spacial score (nSPS) is 12.7. The molecule has 0 saturated heterocycles. The van der Waals surface area contributed by atoms with E-state index >= 15 is 0 Å². The van der Waals surface area contributed by atoms with Gasteiger partial charge >= 0.3 is 0 Å². The number of aromatic nitrogens is 1. The number of thiazole rings is 1. The molecule has 2 aromatic heterocycles. The molecule has 18 heavy (non-hydrogen) atoms. The molecular weight excluding hydrogens is 248 g/mol. The minimum Gasteiger partial charge on any atom is -0.467 e. The van der Waals surface area contributed by atoms with Gasteiger partial charge in [0, 0.05) is 23.7 Å². The van der Waals surface area contributed by atoms with Crippen LogP contribution in [0.4, 0.5) is 0 Å². The van der Waals surface area contributed by atoms with Gasteiger partial charge in [0.15, 0.2) is 0 Å². The van der Waals surface area contributed by atoms with Crippen molar-refractivity contribution in [2.45, 2.75) is 26.0 Å². The molecule has 2 aromatic rings. The second kappa shape index (κ2) is 7.31. The van der Waals surface area contributed by atoms with Gasteiger partial charge in [-0.05, 0) is 32.0 Å². The first-order valence-corrected chi connectivity index (χ1v) is 6.96. The molecule has 0 aliphatic heterocycles. The molecular formula is C13H18N2O2S. The monoisotopic (exact) mass is 266 g/mol. The van der Waals surface area contributed by atoms with Crippen molar-refractivity contribution >= 4 is 11.3 Å². The van der Waals surface area contributed by atoms with Crippen molar-refractivity contribution in [3.63, 3.8) is 0 Å². The Kier molecular flexibility index (Phi) is 5.38. The average Bonchev–Trinajstić information content (AvgIpc) is 3.05. The predicted molar refractivity (Wildman–Crippen MR) is 71.5 cm³/mol. The third kappa shape index (κ3) is 4.25. The summed E-state index contributed by atoms with van der Waals surface area (Å²) in [5, 5.41) is 3.45. The highest BCUT2D eigenvalue weighted by Crippen LogP contribution is 2.15. The van der Waals surface area contributed by atoms with Gasteiger partial charge in [-0.3, -0.25) is 4.98 Å². The van der Waals surface area contributed by atoms with Crippen molar-refractivity contribution in [2.75, 3.05) is 13.2 Å². The van der Waals surface area contributed by atoms with E-state index in [1.54, 1.807) is 17.6 Å². The molecule has 2 heterocycles.